The van der Waals surface area contributed by atoms with Crippen molar-refractivity contribution in [2.24, 2.45) is 0 Å². The lowest BCUT2D eigenvalue weighted by Crippen LogP contribution is -2.43. The predicted octanol–water partition coefficient (Wildman–Crippen LogP) is 2.29. The summed E-state index contributed by atoms with van der Waals surface area (Å²) in [6, 6.07) is 8.25. The van der Waals surface area contributed by atoms with E-state index in [4.69, 9.17) is 4.42 Å². The molecule has 1 N–H and O–H groups in total. The van der Waals surface area contributed by atoms with Crippen LogP contribution in [0.25, 0.3) is 11.0 Å². The van der Waals surface area contributed by atoms with Gasteiger partial charge in [0.1, 0.15) is 5.58 Å². The van der Waals surface area contributed by atoms with E-state index >= 15 is 0 Å². The average Bonchev–Trinajstić information content (AvgIpc) is 2.46. The molecule has 21 heavy (non-hydrogen) atoms. The molecule has 0 aliphatic carbocycles. The Balaban J connectivity index is 1.91. The zero-order valence-electron chi connectivity index (χ0n) is 12.7. The average molecular weight is 286 g/mol. The topological polar surface area (TPSA) is 45.5 Å². The number of nitrogens with zero attached hydrogens (tertiary/aromatic N) is 1. The molecule has 1 fully saturated rings. The summed E-state index contributed by atoms with van der Waals surface area (Å²) in [7, 11) is 2.02. The minimum absolute atomic E-state index is 0.259. The first-order chi connectivity index (χ1) is 10.2. The van der Waals surface area contributed by atoms with Crippen LogP contribution in [0.5, 0.6) is 0 Å². The zero-order chi connectivity index (χ0) is 14.8. The number of nitrogens with one attached hydrogen (secondary N) is 1. The van der Waals surface area contributed by atoms with Gasteiger partial charge < -0.3 is 9.73 Å². The Labute approximate surface area is 124 Å². The predicted molar refractivity (Wildman–Crippen MR) is 84.6 cm³/mol. The first-order valence-electron chi connectivity index (χ1n) is 7.59. The van der Waals surface area contributed by atoms with Gasteiger partial charge in [-0.25, -0.2) is 4.79 Å². The van der Waals surface area contributed by atoms with E-state index in [0.717, 1.165) is 36.1 Å². The van der Waals surface area contributed by atoms with Crippen molar-refractivity contribution in [3.05, 3.63) is 45.8 Å². The molecule has 1 aromatic carbocycles. The number of hydrogen-bond donors (Lipinski definition) is 1. The smallest absolute Gasteiger partial charge is 0.336 e. The highest BCUT2D eigenvalue weighted by Gasteiger charge is 2.19. The fourth-order valence-electron chi connectivity index (χ4n) is 3.14. The molecule has 1 unspecified atom stereocenters. The van der Waals surface area contributed by atoms with Gasteiger partial charge in [0.2, 0.25) is 0 Å². The Bertz CT molecular complexity index is 693. The van der Waals surface area contributed by atoms with Crippen LogP contribution in [0, 0.1) is 6.92 Å². The molecule has 2 aromatic rings. The molecule has 1 aliphatic rings. The molecule has 2 heterocycles. The van der Waals surface area contributed by atoms with Gasteiger partial charge in [-0.2, -0.15) is 0 Å². The standard InChI is InChI=1S/C17H22N2O2/c1-12-5-6-15-13(9-17(20)21-16(15)8-12)10-19-7-3-4-14(11-19)18-2/h5-6,8-9,14,18H,3-4,7,10-11H2,1-2H3. The molecule has 112 valence electrons. The molecule has 3 rings (SSSR count). The van der Waals surface area contributed by atoms with E-state index in [9.17, 15) is 4.79 Å². The lowest BCUT2D eigenvalue weighted by molar-refractivity contribution is 0.188. The number of fused-ring (bicyclic) bond motifs is 1. The normalized spacial score (nSPS) is 20.0. The molecule has 0 amide bonds. The van der Waals surface area contributed by atoms with E-state index in [0.29, 0.717) is 11.6 Å². The molecule has 0 spiro atoms. The second kappa shape index (κ2) is 6.00. The second-order valence-electron chi connectivity index (χ2n) is 5.95. The van der Waals surface area contributed by atoms with Gasteiger partial charge in [-0.1, -0.05) is 12.1 Å². The Kier molecular flexibility index (Phi) is 4.08. The third kappa shape index (κ3) is 3.17. The lowest BCUT2D eigenvalue weighted by atomic mass is 10.0. The van der Waals surface area contributed by atoms with Crippen LogP contribution in [0.1, 0.15) is 24.0 Å². The van der Waals surface area contributed by atoms with Crippen LogP contribution in [-0.2, 0) is 6.54 Å². The van der Waals surface area contributed by atoms with Gasteiger partial charge in [0, 0.05) is 30.6 Å². The number of likely N-dealkylation sites (tertiary alicyclic amines) is 1. The van der Waals surface area contributed by atoms with Crippen molar-refractivity contribution in [1.29, 1.82) is 0 Å². The summed E-state index contributed by atoms with van der Waals surface area (Å²) in [6.07, 6.45) is 2.42. The van der Waals surface area contributed by atoms with E-state index < -0.39 is 0 Å². The van der Waals surface area contributed by atoms with Crippen molar-refractivity contribution in [2.45, 2.75) is 32.4 Å². The summed E-state index contributed by atoms with van der Waals surface area (Å²) in [6.45, 7) is 4.94. The van der Waals surface area contributed by atoms with Gasteiger partial charge in [-0.15, -0.1) is 0 Å². The molecule has 0 saturated carbocycles. The van der Waals surface area contributed by atoms with Gasteiger partial charge in [-0.05, 0) is 50.6 Å². The van der Waals surface area contributed by atoms with Crippen molar-refractivity contribution in [3.63, 3.8) is 0 Å². The molecule has 0 bridgehead atoms. The fraction of sp³-hybridized carbons (Fsp3) is 0.471. The van der Waals surface area contributed by atoms with Crippen LogP contribution in [-0.4, -0.2) is 31.1 Å². The van der Waals surface area contributed by atoms with Crippen LogP contribution in [0.4, 0.5) is 0 Å². The van der Waals surface area contributed by atoms with Crippen molar-refractivity contribution in [1.82, 2.24) is 10.2 Å². The molecule has 4 nitrogen and oxygen atoms in total. The minimum Gasteiger partial charge on any atom is -0.423 e. The molecular weight excluding hydrogens is 264 g/mol. The van der Waals surface area contributed by atoms with Crippen molar-refractivity contribution in [2.75, 3.05) is 20.1 Å². The van der Waals surface area contributed by atoms with Gasteiger partial charge in [-0.3, -0.25) is 4.90 Å². The second-order valence-corrected chi connectivity index (χ2v) is 5.95. The summed E-state index contributed by atoms with van der Waals surface area (Å²) < 4.78 is 5.33. The maximum Gasteiger partial charge on any atom is 0.336 e. The van der Waals surface area contributed by atoms with Crippen LogP contribution >= 0.6 is 0 Å². The van der Waals surface area contributed by atoms with E-state index in [1.54, 1.807) is 6.07 Å². The summed E-state index contributed by atoms with van der Waals surface area (Å²) in [4.78, 5) is 14.2. The highest BCUT2D eigenvalue weighted by Crippen LogP contribution is 2.21. The number of likely N-dealkylation sites (N-methyl/N-ethyl adjacent to an activating group) is 1. The summed E-state index contributed by atoms with van der Waals surface area (Å²) in [5.41, 5.74) is 2.61. The summed E-state index contributed by atoms with van der Waals surface area (Å²) in [5, 5.41) is 4.40. The highest BCUT2D eigenvalue weighted by molar-refractivity contribution is 5.80. The van der Waals surface area contributed by atoms with E-state index in [-0.39, 0.29) is 5.63 Å². The monoisotopic (exact) mass is 286 g/mol. The van der Waals surface area contributed by atoms with Crippen molar-refractivity contribution in [3.8, 4) is 0 Å². The molecular formula is C17H22N2O2. The Morgan fingerprint density at radius 3 is 3.05 bits per heavy atom. The molecule has 0 radical (unpaired) electrons. The molecule has 1 atom stereocenters. The third-order valence-electron chi connectivity index (χ3n) is 4.29. The largest absolute Gasteiger partial charge is 0.423 e. The first-order valence-corrected chi connectivity index (χ1v) is 7.59. The number of rotatable bonds is 3. The van der Waals surface area contributed by atoms with Gasteiger partial charge >= 0.3 is 5.63 Å². The van der Waals surface area contributed by atoms with Crippen LogP contribution in [0.15, 0.2) is 33.5 Å². The Morgan fingerprint density at radius 1 is 1.38 bits per heavy atom. The van der Waals surface area contributed by atoms with Crippen LogP contribution < -0.4 is 10.9 Å². The SMILES string of the molecule is CNC1CCCN(Cc2cc(=O)oc3cc(C)ccc23)C1. The van der Waals surface area contributed by atoms with Gasteiger partial charge in [0.25, 0.3) is 0 Å². The highest BCUT2D eigenvalue weighted by atomic mass is 16.4. The molecule has 1 saturated heterocycles. The van der Waals surface area contributed by atoms with Crippen LogP contribution in [0.2, 0.25) is 0 Å². The van der Waals surface area contributed by atoms with Gasteiger partial charge in [0.05, 0.1) is 0 Å². The van der Waals surface area contributed by atoms with Crippen molar-refractivity contribution >= 4 is 11.0 Å². The minimum atomic E-state index is -0.259. The summed E-state index contributed by atoms with van der Waals surface area (Å²) >= 11 is 0. The summed E-state index contributed by atoms with van der Waals surface area (Å²) in [5.74, 6) is 0. The van der Waals surface area contributed by atoms with Crippen LogP contribution in [0.3, 0.4) is 0 Å². The van der Waals surface area contributed by atoms with Gasteiger partial charge in [0.15, 0.2) is 0 Å². The van der Waals surface area contributed by atoms with E-state index in [1.165, 1.54) is 12.8 Å². The molecule has 1 aromatic heterocycles. The number of piperidine rings is 1. The molecule has 4 heteroatoms. The quantitative estimate of drug-likeness (QED) is 0.879. The molecule has 1 aliphatic heterocycles. The Morgan fingerprint density at radius 2 is 2.24 bits per heavy atom. The zero-order valence-corrected chi connectivity index (χ0v) is 12.7. The number of benzene rings is 1. The fourth-order valence-corrected chi connectivity index (χ4v) is 3.14. The van der Waals surface area contributed by atoms with E-state index in [2.05, 4.69) is 22.3 Å². The van der Waals surface area contributed by atoms with Crippen molar-refractivity contribution < 1.29 is 4.42 Å². The maximum absolute atomic E-state index is 11.8. The number of aryl methyl sites for hydroxylation is 1. The third-order valence-corrected chi connectivity index (χ3v) is 4.29. The number of hydrogen-bond acceptors (Lipinski definition) is 4. The Hall–Kier alpha value is -1.65. The first kappa shape index (κ1) is 14.3. The van der Waals surface area contributed by atoms with E-state index in [1.807, 2.05) is 20.0 Å². The lowest BCUT2D eigenvalue weighted by Gasteiger charge is -2.32. The maximum atomic E-state index is 11.8.